The molecule has 0 bridgehead atoms. The summed E-state index contributed by atoms with van der Waals surface area (Å²) in [5, 5.41) is 18.1. The molecule has 0 spiro atoms. The van der Waals surface area contributed by atoms with Crippen molar-refractivity contribution >= 4 is 16.2 Å². The highest BCUT2D eigenvalue weighted by atomic mass is 32.2. The van der Waals surface area contributed by atoms with Crippen LogP contribution in [-0.2, 0) is 15.0 Å². The Labute approximate surface area is 119 Å². The van der Waals surface area contributed by atoms with Crippen molar-refractivity contribution in [2.24, 2.45) is 11.8 Å². The highest BCUT2D eigenvalue weighted by molar-refractivity contribution is 7.86. The predicted octanol–water partition coefficient (Wildman–Crippen LogP) is -0.269. The molecule has 116 valence electrons. The summed E-state index contributed by atoms with van der Waals surface area (Å²) >= 11 is 0. The summed E-state index contributed by atoms with van der Waals surface area (Å²) in [5.41, 5.74) is 0. The van der Waals surface area contributed by atoms with E-state index in [1.165, 1.54) is 8.61 Å². The highest BCUT2D eigenvalue weighted by Crippen LogP contribution is 2.29. The number of aliphatic hydroxyl groups is 1. The van der Waals surface area contributed by atoms with Crippen LogP contribution in [0.2, 0.25) is 0 Å². The van der Waals surface area contributed by atoms with E-state index in [4.69, 9.17) is 5.11 Å². The third kappa shape index (κ3) is 3.30. The van der Waals surface area contributed by atoms with Gasteiger partial charge in [0.05, 0.1) is 12.0 Å². The Bertz CT molecular complexity index is 452. The first kappa shape index (κ1) is 15.7. The van der Waals surface area contributed by atoms with Crippen LogP contribution in [0.25, 0.3) is 0 Å². The third-order valence-corrected chi connectivity index (χ3v) is 6.20. The van der Waals surface area contributed by atoms with E-state index in [0.29, 0.717) is 32.2 Å². The average molecular weight is 306 g/mol. The first-order valence-corrected chi connectivity index (χ1v) is 8.32. The zero-order valence-corrected chi connectivity index (χ0v) is 12.4. The number of aliphatic carboxylic acids is 1. The van der Waals surface area contributed by atoms with Crippen molar-refractivity contribution in [1.82, 2.24) is 8.61 Å². The Hall–Kier alpha value is -0.700. The maximum absolute atomic E-state index is 12.4. The van der Waals surface area contributed by atoms with Gasteiger partial charge in [0.25, 0.3) is 10.2 Å². The molecule has 20 heavy (non-hydrogen) atoms. The molecule has 2 aliphatic rings. The largest absolute Gasteiger partial charge is 0.481 e. The van der Waals surface area contributed by atoms with Crippen LogP contribution in [0, 0.1) is 11.8 Å². The number of carboxylic acid groups (broad SMARTS) is 1. The second kappa shape index (κ2) is 5.97. The molecular weight excluding hydrogens is 284 g/mol. The van der Waals surface area contributed by atoms with E-state index >= 15 is 0 Å². The Balaban J connectivity index is 1.88. The molecule has 1 aliphatic carbocycles. The number of aliphatic hydroxyl groups excluding tert-OH is 1. The minimum atomic E-state index is -3.51. The molecule has 1 aliphatic heterocycles. The second-order valence-electron chi connectivity index (χ2n) is 5.79. The molecular formula is C12H22N2O5S. The maximum atomic E-state index is 12.4. The predicted molar refractivity (Wildman–Crippen MR) is 72.2 cm³/mol. The van der Waals surface area contributed by atoms with E-state index in [9.17, 15) is 18.3 Å². The van der Waals surface area contributed by atoms with Gasteiger partial charge in [-0.15, -0.1) is 0 Å². The van der Waals surface area contributed by atoms with E-state index in [1.807, 2.05) is 0 Å². The molecule has 8 heteroatoms. The Kier molecular flexibility index (Phi) is 4.68. The van der Waals surface area contributed by atoms with E-state index in [1.54, 1.807) is 7.05 Å². The van der Waals surface area contributed by atoms with Gasteiger partial charge < -0.3 is 10.2 Å². The summed E-state index contributed by atoms with van der Waals surface area (Å²) in [4.78, 5) is 10.9. The Morgan fingerprint density at radius 2 is 1.85 bits per heavy atom. The molecule has 0 amide bonds. The summed E-state index contributed by atoms with van der Waals surface area (Å²) in [6.07, 6.45) is 1.75. The molecule has 0 radical (unpaired) electrons. The fourth-order valence-corrected chi connectivity index (χ4v) is 4.30. The van der Waals surface area contributed by atoms with Crippen molar-refractivity contribution < 1.29 is 23.4 Å². The highest BCUT2D eigenvalue weighted by Gasteiger charge is 2.36. The molecule has 0 aromatic carbocycles. The quantitative estimate of drug-likeness (QED) is 0.728. The van der Waals surface area contributed by atoms with Gasteiger partial charge in [0, 0.05) is 26.7 Å². The summed E-state index contributed by atoms with van der Waals surface area (Å²) in [6.45, 7) is 0.937. The lowest BCUT2D eigenvalue weighted by atomic mass is 9.82. The molecule has 1 heterocycles. The van der Waals surface area contributed by atoms with Gasteiger partial charge in [0.1, 0.15) is 0 Å². The van der Waals surface area contributed by atoms with Gasteiger partial charge in [0.15, 0.2) is 0 Å². The van der Waals surface area contributed by atoms with Gasteiger partial charge in [-0.3, -0.25) is 4.79 Å². The standard InChI is InChI=1S/C12H22N2O5S/c1-13(8-9-6-11(15)7-9)20(18,19)14-4-2-10(3-5-14)12(16)17/h9-11,15H,2-8H2,1H3,(H,16,17). The average Bonchev–Trinajstić information content (AvgIpc) is 2.36. The van der Waals surface area contributed by atoms with Crippen molar-refractivity contribution in [2.45, 2.75) is 31.8 Å². The summed E-state index contributed by atoms with van der Waals surface area (Å²) in [6, 6.07) is 0. The van der Waals surface area contributed by atoms with Gasteiger partial charge in [-0.1, -0.05) is 0 Å². The molecule has 1 saturated carbocycles. The fraction of sp³-hybridized carbons (Fsp3) is 0.917. The van der Waals surface area contributed by atoms with Gasteiger partial charge in [-0.05, 0) is 31.6 Å². The summed E-state index contributed by atoms with van der Waals surface area (Å²) < 4.78 is 27.4. The molecule has 0 unspecified atom stereocenters. The molecule has 2 fully saturated rings. The van der Waals surface area contributed by atoms with Crippen LogP contribution in [0.5, 0.6) is 0 Å². The van der Waals surface area contributed by atoms with Crippen molar-refractivity contribution in [3.05, 3.63) is 0 Å². The van der Waals surface area contributed by atoms with Crippen molar-refractivity contribution in [3.63, 3.8) is 0 Å². The van der Waals surface area contributed by atoms with Crippen molar-refractivity contribution in [1.29, 1.82) is 0 Å². The zero-order chi connectivity index (χ0) is 14.9. The van der Waals surface area contributed by atoms with Gasteiger partial charge in [-0.25, -0.2) is 0 Å². The van der Waals surface area contributed by atoms with Gasteiger partial charge in [0.2, 0.25) is 0 Å². The fourth-order valence-electron chi connectivity index (χ4n) is 2.84. The summed E-state index contributed by atoms with van der Waals surface area (Å²) in [7, 11) is -1.96. The monoisotopic (exact) mass is 306 g/mol. The molecule has 2 N–H and O–H groups in total. The third-order valence-electron chi connectivity index (χ3n) is 4.25. The number of carboxylic acids is 1. The molecule has 7 nitrogen and oxygen atoms in total. The first-order valence-electron chi connectivity index (χ1n) is 6.93. The van der Waals surface area contributed by atoms with Crippen LogP contribution in [0.15, 0.2) is 0 Å². The van der Waals surface area contributed by atoms with Crippen LogP contribution < -0.4 is 0 Å². The van der Waals surface area contributed by atoms with Crippen LogP contribution in [-0.4, -0.2) is 66.0 Å². The molecule has 0 aromatic heterocycles. The lowest BCUT2D eigenvalue weighted by Crippen LogP contribution is -2.49. The number of nitrogens with zero attached hydrogens (tertiary/aromatic N) is 2. The summed E-state index contributed by atoms with van der Waals surface area (Å²) in [5.74, 6) is -1.06. The van der Waals surface area contributed by atoms with Crippen LogP contribution >= 0.6 is 0 Å². The van der Waals surface area contributed by atoms with Crippen molar-refractivity contribution in [3.8, 4) is 0 Å². The molecule has 0 aromatic rings. The maximum Gasteiger partial charge on any atom is 0.306 e. The first-order chi connectivity index (χ1) is 9.30. The number of piperidine rings is 1. The van der Waals surface area contributed by atoms with Crippen LogP contribution in [0.3, 0.4) is 0 Å². The SMILES string of the molecule is CN(CC1CC(O)C1)S(=O)(=O)N1CCC(C(=O)O)CC1. The number of hydrogen-bond donors (Lipinski definition) is 2. The van der Waals surface area contributed by atoms with E-state index in [-0.39, 0.29) is 25.1 Å². The van der Waals surface area contributed by atoms with Crippen LogP contribution in [0.4, 0.5) is 0 Å². The normalized spacial score (nSPS) is 29.4. The smallest absolute Gasteiger partial charge is 0.306 e. The molecule has 0 atom stereocenters. The van der Waals surface area contributed by atoms with E-state index in [2.05, 4.69) is 0 Å². The Morgan fingerprint density at radius 1 is 1.30 bits per heavy atom. The minimum Gasteiger partial charge on any atom is -0.481 e. The van der Waals surface area contributed by atoms with E-state index in [0.717, 1.165) is 0 Å². The minimum absolute atomic E-state index is 0.223. The van der Waals surface area contributed by atoms with Crippen LogP contribution in [0.1, 0.15) is 25.7 Å². The van der Waals surface area contributed by atoms with Crippen molar-refractivity contribution in [2.75, 3.05) is 26.7 Å². The number of rotatable bonds is 5. The lowest BCUT2D eigenvalue weighted by molar-refractivity contribution is -0.142. The zero-order valence-electron chi connectivity index (χ0n) is 11.6. The molecule has 2 rings (SSSR count). The number of hydrogen-bond acceptors (Lipinski definition) is 4. The van der Waals surface area contributed by atoms with E-state index < -0.39 is 22.1 Å². The van der Waals surface area contributed by atoms with Gasteiger partial charge >= 0.3 is 5.97 Å². The van der Waals surface area contributed by atoms with Gasteiger partial charge in [-0.2, -0.15) is 17.0 Å². The second-order valence-corrected chi connectivity index (χ2v) is 7.83. The lowest BCUT2D eigenvalue weighted by Gasteiger charge is -2.37. The number of carbonyl (C=O) groups is 1. The molecule has 1 saturated heterocycles. The topological polar surface area (TPSA) is 98.2 Å². The Morgan fingerprint density at radius 3 is 2.30 bits per heavy atom.